The van der Waals surface area contributed by atoms with E-state index in [1.165, 1.54) is 0 Å². The molecule has 1 aromatic rings. The van der Waals surface area contributed by atoms with Crippen molar-refractivity contribution in [3.05, 3.63) is 30.3 Å². The third-order valence-electron chi connectivity index (χ3n) is 1.15. The summed E-state index contributed by atoms with van der Waals surface area (Å²) in [5, 5.41) is 0.732. The fraction of sp³-hybridized carbons (Fsp3) is 0. The standard InChI is InChI=1S/C6H8N2O3S/c7-8(11-12(9)10)6-4-2-1-3-5-6/h1-5H,7H2,(H,9,10). The molecular weight excluding hydrogens is 180 g/mol. The van der Waals surface area contributed by atoms with Crippen LogP contribution in [-0.2, 0) is 15.6 Å². The van der Waals surface area contributed by atoms with Crippen molar-refractivity contribution in [2.45, 2.75) is 0 Å². The Hall–Kier alpha value is -0.950. The first kappa shape index (κ1) is 9.14. The van der Waals surface area contributed by atoms with Crippen molar-refractivity contribution >= 4 is 17.0 Å². The van der Waals surface area contributed by atoms with E-state index in [0.29, 0.717) is 5.69 Å². The van der Waals surface area contributed by atoms with E-state index >= 15 is 0 Å². The molecule has 3 N–H and O–H groups in total. The van der Waals surface area contributed by atoms with Crippen molar-refractivity contribution in [1.29, 1.82) is 0 Å². The number of rotatable bonds is 3. The van der Waals surface area contributed by atoms with Crippen LogP contribution in [0.5, 0.6) is 0 Å². The summed E-state index contributed by atoms with van der Waals surface area (Å²) in [5.41, 5.74) is 0.500. The van der Waals surface area contributed by atoms with Gasteiger partial charge in [0.2, 0.25) is 0 Å². The van der Waals surface area contributed by atoms with Crippen molar-refractivity contribution in [3.8, 4) is 0 Å². The first-order chi connectivity index (χ1) is 5.70. The van der Waals surface area contributed by atoms with Gasteiger partial charge in [-0.25, -0.2) is 5.84 Å². The molecular formula is C6H8N2O3S. The Kier molecular flexibility index (Phi) is 3.18. The lowest BCUT2D eigenvalue weighted by atomic mass is 10.3. The molecule has 0 amide bonds. The Balaban J connectivity index is 2.65. The molecule has 0 aliphatic heterocycles. The normalized spacial score (nSPS) is 12.5. The molecule has 6 heteroatoms. The minimum absolute atomic E-state index is 0.500. The van der Waals surface area contributed by atoms with Gasteiger partial charge in [-0.1, -0.05) is 18.2 Å². The fourth-order valence-electron chi connectivity index (χ4n) is 0.687. The fourth-order valence-corrected chi connectivity index (χ4v) is 0.910. The molecule has 66 valence electrons. The van der Waals surface area contributed by atoms with Gasteiger partial charge >= 0.3 is 11.4 Å². The summed E-state index contributed by atoms with van der Waals surface area (Å²) in [6.07, 6.45) is 0. The summed E-state index contributed by atoms with van der Waals surface area (Å²) in [7, 11) is 0. The van der Waals surface area contributed by atoms with Gasteiger partial charge in [0.05, 0.1) is 5.69 Å². The zero-order valence-corrected chi connectivity index (χ0v) is 6.90. The lowest BCUT2D eigenvalue weighted by Crippen LogP contribution is -2.31. The number of para-hydroxylation sites is 1. The summed E-state index contributed by atoms with van der Waals surface area (Å²) < 4.78 is 22.7. The van der Waals surface area contributed by atoms with Crippen molar-refractivity contribution in [2.24, 2.45) is 5.84 Å². The first-order valence-corrected chi connectivity index (χ1v) is 4.12. The Bertz CT molecular complexity index is 267. The lowest BCUT2D eigenvalue weighted by molar-refractivity contribution is 0.277. The van der Waals surface area contributed by atoms with Crippen LogP contribution in [-0.4, -0.2) is 8.76 Å². The number of hydrogen-bond acceptors (Lipinski definition) is 4. The van der Waals surface area contributed by atoms with Crippen LogP contribution in [0, 0.1) is 0 Å². The summed E-state index contributed by atoms with van der Waals surface area (Å²) in [5.74, 6) is 5.25. The van der Waals surface area contributed by atoms with Crippen LogP contribution in [0.2, 0.25) is 0 Å². The molecule has 0 fully saturated rings. The molecule has 0 saturated heterocycles. The smallest absolute Gasteiger partial charge is 0.282 e. The Morgan fingerprint density at radius 1 is 1.42 bits per heavy atom. The maximum absolute atomic E-state index is 10.2. The molecule has 0 aromatic heterocycles. The number of nitrogens with two attached hydrogens (primary N) is 1. The van der Waals surface area contributed by atoms with Crippen LogP contribution >= 0.6 is 0 Å². The van der Waals surface area contributed by atoms with Crippen molar-refractivity contribution in [2.75, 3.05) is 5.17 Å². The van der Waals surface area contributed by atoms with E-state index in [0.717, 1.165) is 5.17 Å². The third kappa shape index (κ3) is 2.59. The highest BCUT2D eigenvalue weighted by molar-refractivity contribution is 7.74. The number of anilines is 1. The van der Waals surface area contributed by atoms with Gasteiger partial charge in [0.25, 0.3) is 0 Å². The largest absolute Gasteiger partial charge is 0.326 e. The summed E-state index contributed by atoms with van der Waals surface area (Å²) in [6, 6.07) is 8.56. The highest BCUT2D eigenvalue weighted by atomic mass is 32.2. The highest BCUT2D eigenvalue weighted by Gasteiger charge is 2.03. The topological polar surface area (TPSA) is 75.8 Å². The van der Waals surface area contributed by atoms with Crippen LogP contribution in [0.25, 0.3) is 0 Å². The maximum atomic E-state index is 10.2. The molecule has 0 aliphatic carbocycles. The van der Waals surface area contributed by atoms with E-state index < -0.39 is 11.4 Å². The molecule has 12 heavy (non-hydrogen) atoms. The van der Waals surface area contributed by atoms with E-state index in [2.05, 4.69) is 4.28 Å². The zero-order chi connectivity index (χ0) is 8.97. The van der Waals surface area contributed by atoms with Crippen LogP contribution in [0.15, 0.2) is 30.3 Å². The van der Waals surface area contributed by atoms with Crippen LogP contribution in [0.4, 0.5) is 5.69 Å². The van der Waals surface area contributed by atoms with Gasteiger partial charge in [0, 0.05) is 0 Å². The summed E-state index contributed by atoms with van der Waals surface area (Å²) in [6.45, 7) is 0. The van der Waals surface area contributed by atoms with Crippen LogP contribution in [0.1, 0.15) is 0 Å². The average molecular weight is 188 g/mol. The van der Waals surface area contributed by atoms with Gasteiger partial charge in [-0.3, -0.25) is 4.55 Å². The molecule has 1 atom stereocenters. The quantitative estimate of drug-likeness (QED) is 0.409. The molecule has 0 aliphatic rings. The molecule has 0 spiro atoms. The van der Waals surface area contributed by atoms with Crippen molar-refractivity contribution < 1.29 is 13.0 Å². The minimum atomic E-state index is -2.40. The number of hydrogen-bond donors (Lipinski definition) is 2. The number of hydrazine groups is 1. The summed E-state index contributed by atoms with van der Waals surface area (Å²) >= 11 is -2.40. The molecule has 0 heterocycles. The minimum Gasteiger partial charge on any atom is -0.282 e. The van der Waals surface area contributed by atoms with Crippen LogP contribution in [0.3, 0.4) is 0 Å². The zero-order valence-electron chi connectivity index (χ0n) is 6.08. The first-order valence-electron chi connectivity index (χ1n) is 3.09. The Labute approximate surface area is 72.2 Å². The molecule has 5 nitrogen and oxygen atoms in total. The van der Waals surface area contributed by atoms with E-state index in [9.17, 15) is 4.21 Å². The second-order valence-corrected chi connectivity index (χ2v) is 2.54. The van der Waals surface area contributed by atoms with E-state index in [-0.39, 0.29) is 0 Å². The van der Waals surface area contributed by atoms with Crippen molar-refractivity contribution in [1.82, 2.24) is 0 Å². The Morgan fingerprint density at radius 3 is 2.50 bits per heavy atom. The van der Waals surface area contributed by atoms with Gasteiger partial charge in [0.1, 0.15) is 0 Å². The van der Waals surface area contributed by atoms with Gasteiger partial charge in [-0.05, 0) is 12.1 Å². The van der Waals surface area contributed by atoms with E-state index in [4.69, 9.17) is 10.4 Å². The molecule has 0 saturated carbocycles. The average Bonchev–Trinajstić information content (AvgIpc) is 2.05. The number of nitrogens with zero attached hydrogens (tertiary/aromatic N) is 1. The van der Waals surface area contributed by atoms with Gasteiger partial charge in [0.15, 0.2) is 0 Å². The maximum Gasteiger partial charge on any atom is 0.326 e. The lowest BCUT2D eigenvalue weighted by Gasteiger charge is -2.13. The second kappa shape index (κ2) is 4.17. The number of benzene rings is 1. The van der Waals surface area contributed by atoms with Gasteiger partial charge < -0.3 is 0 Å². The van der Waals surface area contributed by atoms with E-state index in [1.807, 2.05) is 0 Å². The van der Waals surface area contributed by atoms with E-state index in [1.54, 1.807) is 30.3 Å². The molecule has 1 unspecified atom stereocenters. The molecule has 0 radical (unpaired) electrons. The molecule has 0 bridgehead atoms. The van der Waals surface area contributed by atoms with Crippen molar-refractivity contribution in [3.63, 3.8) is 0 Å². The predicted octanol–water partition coefficient (Wildman–Crippen LogP) is 0.435. The molecule has 1 aromatic carbocycles. The predicted molar refractivity (Wildman–Crippen MR) is 45.0 cm³/mol. The summed E-state index contributed by atoms with van der Waals surface area (Å²) in [4.78, 5) is 0. The third-order valence-corrected chi connectivity index (χ3v) is 1.44. The van der Waals surface area contributed by atoms with Crippen LogP contribution < -0.4 is 11.0 Å². The van der Waals surface area contributed by atoms with Gasteiger partial charge in [-0.2, -0.15) is 9.38 Å². The molecule has 1 rings (SSSR count). The SMILES string of the molecule is NN(OS(=O)O)c1ccccc1. The monoisotopic (exact) mass is 188 g/mol. The highest BCUT2D eigenvalue weighted by Crippen LogP contribution is 2.09. The van der Waals surface area contributed by atoms with Gasteiger partial charge in [-0.15, -0.1) is 4.28 Å². The Morgan fingerprint density at radius 2 is 2.00 bits per heavy atom. The second-order valence-electron chi connectivity index (χ2n) is 1.95.